The first-order valence-electron chi connectivity index (χ1n) is 5.54. The third kappa shape index (κ3) is 2.03. The Hall–Kier alpha value is -1.11. The Bertz CT molecular complexity index is 339. The summed E-state index contributed by atoms with van der Waals surface area (Å²) in [5.41, 5.74) is 4.00. The zero-order valence-electron chi connectivity index (χ0n) is 8.79. The molecule has 1 heterocycles. The van der Waals surface area contributed by atoms with Crippen LogP contribution in [0.5, 0.6) is 0 Å². The summed E-state index contributed by atoms with van der Waals surface area (Å²) in [6, 6.07) is 8.53. The Morgan fingerprint density at radius 2 is 2.07 bits per heavy atom. The molecule has 0 saturated heterocycles. The van der Waals surface area contributed by atoms with Gasteiger partial charge in [0.2, 0.25) is 0 Å². The van der Waals surface area contributed by atoms with Crippen molar-refractivity contribution in [2.24, 2.45) is 4.99 Å². The van der Waals surface area contributed by atoms with Gasteiger partial charge in [-0.25, -0.2) is 0 Å². The third-order valence-electron chi connectivity index (χ3n) is 2.72. The highest BCUT2D eigenvalue weighted by Crippen LogP contribution is 2.25. The highest BCUT2D eigenvalue weighted by molar-refractivity contribution is 5.87. The monoisotopic (exact) mass is 187 g/mol. The number of nitrogens with zero attached hydrogens (tertiary/aromatic N) is 1. The van der Waals surface area contributed by atoms with Crippen molar-refractivity contribution in [3.63, 3.8) is 0 Å². The van der Waals surface area contributed by atoms with Gasteiger partial charge in [0.05, 0.1) is 5.69 Å². The maximum atomic E-state index is 4.75. The van der Waals surface area contributed by atoms with E-state index in [1.807, 2.05) is 0 Å². The van der Waals surface area contributed by atoms with E-state index in [-0.39, 0.29) is 0 Å². The summed E-state index contributed by atoms with van der Waals surface area (Å²) in [4.78, 5) is 4.75. The molecule has 0 unspecified atom stereocenters. The summed E-state index contributed by atoms with van der Waals surface area (Å²) in [5.74, 6) is 0. The quantitative estimate of drug-likeness (QED) is 0.666. The van der Waals surface area contributed by atoms with Crippen molar-refractivity contribution in [2.45, 2.75) is 39.0 Å². The van der Waals surface area contributed by atoms with Gasteiger partial charge in [0, 0.05) is 5.71 Å². The van der Waals surface area contributed by atoms with Crippen LogP contribution in [-0.2, 0) is 6.42 Å². The van der Waals surface area contributed by atoms with Gasteiger partial charge in [-0.3, -0.25) is 4.99 Å². The molecule has 0 atom stereocenters. The topological polar surface area (TPSA) is 12.4 Å². The fourth-order valence-corrected chi connectivity index (χ4v) is 2.01. The number of aryl methyl sites for hydroxylation is 1. The molecule has 1 aromatic carbocycles. The Morgan fingerprint density at radius 1 is 1.21 bits per heavy atom. The molecule has 0 bridgehead atoms. The van der Waals surface area contributed by atoms with Crippen LogP contribution in [0.25, 0.3) is 0 Å². The van der Waals surface area contributed by atoms with Crippen LogP contribution < -0.4 is 0 Å². The van der Waals surface area contributed by atoms with E-state index in [0.717, 1.165) is 6.42 Å². The lowest BCUT2D eigenvalue weighted by Gasteiger charge is -2.01. The van der Waals surface area contributed by atoms with Crippen LogP contribution in [0.2, 0.25) is 0 Å². The van der Waals surface area contributed by atoms with Crippen LogP contribution in [0.4, 0.5) is 5.69 Å². The molecule has 0 amide bonds. The number of para-hydroxylation sites is 1. The molecule has 0 saturated carbocycles. The number of benzene rings is 1. The van der Waals surface area contributed by atoms with E-state index in [4.69, 9.17) is 4.99 Å². The fraction of sp³-hybridized carbons (Fsp3) is 0.462. The largest absolute Gasteiger partial charge is 0.258 e. The molecule has 0 spiro atoms. The summed E-state index contributed by atoms with van der Waals surface area (Å²) in [5, 5.41) is 0. The van der Waals surface area contributed by atoms with E-state index in [1.165, 1.54) is 42.6 Å². The Labute approximate surface area is 85.9 Å². The van der Waals surface area contributed by atoms with E-state index < -0.39 is 0 Å². The predicted molar refractivity (Wildman–Crippen MR) is 61.4 cm³/mol. The second-order valence-corrected chi connectivity index (χ2v) is 3.91. The molecule has 14 heavy (non-hydrogen) atoms. The minimum atomic E-state index is 1.16. The van der Waals surface area contributed by atoms with Gasteiger partial charge < -0.3 is 0 Å². The second-order valence-electron chi connectivity index (χ2n) is 3.91. The number of fused-ring (bicyclic) bond motifs is 1. The molecule has 1 aliphatic heterocycles. The van der Waals surface area contributed by atoms with Gasteiger partial charge in [-0.05, 0) is 37.3 Å². The average molecular weight is 187 g/mol. The molecule has 0 fully saturated rings. The minimum absolute atomic E-state index is 1.16. The zero-order valence-corrected chi connectivity index (χ0v) is 8.79. The van der Waals surface area contributed by atoms with Gasteiger partial charge >= 0.3 is 0 Å². The smallest absolute Gasteiger partial charge is 0.0660 e. The zero-order chi connectivity index (χ0) is 9.80. The summed E-state index contributed by atoms with van der Waals surface area (Å²) in [6.45, 7) is 2.22. The molecule has 2 rings (SSSR count). The van der Waals surface area contributed by atoms with Gasteiger partial charge in [-0.15, -0.1) is 0 Å². The van der Waals surface area contributed by atoms with Gasteiger partial charge in [-0.1, -0.05) is 31.5 Å². The van der Waals surface area contributed by atoms with E-state index in [9.17, 15) is 0 Å². The highest BCUT2D eigenvalue weighted by Gasteiger charge is 2.08. The van der Waals surface area contributed by atoms with Gasteiger partial charge in [-0.2, -0.15) is 0 Å². The molecule has 0 radical (unpaired) electrons. The fourth-order valence-electron chi connectivity index (χ4n) is 2.01. The van der Waals surface area contributed by atoms with E-state index in [1.54, 1.807) is 0 Å². The number of hydrogen-bond acceptors (Lipinski definition) is 1. The van der Waals surface area contributed by atoms with Crippen LogP contribution >= 0.6 is 0 Å². The van der Waals surface area contributed by atoms with Crippen LogP contribution in [0.1, 0.15) is 38.2 Å². The van der Waals surface area contributed by atoms with E-state index in [2.05, 4.69) is 31.2 Å². The number of hydrogen-bond donors (Lipinski definition) is 0. The molecular weight excluding hydrogens is 170 g/mol. The first-order valence-corrected chi connectivity index (χ1v) is 5.54. The van der Waals surface area contributed by atoms with E-state index >= 15 is 0 Å². The van der Waals surface area contributed by atoms with Crippen molar-refractivity contribution in [1.29, 1.82) is 0 Å². The summed E-state index contributed by atoms with van der Waals surface area (Å²) < 4.78 is 0. The van der Waals surface area contributed by atoms with Gasteiger partial charge in [0.15, 0.2) is 0 Å². The molecule has 1 aliphatic rings. The van der Waals surface area contributed by atoms with E-state index in [0.29, 0.717) is 0 Å². The minimum Gasteiger partial charge on any atom is -0.258 e. The van der Waals surface area contributed by atoms with Crippen molar-refractivity contribution in [3.05, 3.63) is 29.8 Å². The van der Waals surface area contributed by atoms with Crippen LogP contribution in [-0.4, -0.2) is 5.71 Å². The van der Waals surface area contributed by atoms with Crippen LogP contribution in [0.15, 0.2) is 29.3 Å². The molecule has 1 heteroatoms. The number of rotatable bonds is 2. The average Bonchev–Trinajstić information content (AvgIpc) is 2.40. The molecule has 0 aromatic heterocycles. The van der Waals surface area contributed by atoms with Gasteiger partial charge in [0.25, 0.3) is 0 Å². The summed E-state index contributed by atoms with van der Waals surface area (Å²) in [6.07, 6.45) is 6.00. The molecule has 0 N–H and O–H groups in total. The lowest BCUT2D eigenvalue weighted by Crippen LogP contribution is -1.95. The van der Waals surface area contributed by atoms with Crippen molar-refractivity contribution in [3.8, 4) is 0 Å². The molecule has 1 nitrogen and oxygen atoms in total. The second kappa shape index (κ2) is 4.41. The Balaban J connectivity index is 2.30. The summed E-state index contributed by atoms with van der Waals surface area (Å²) in [7, 11) is 0. The highest BCUT2D eigenvalue weighted by atomic mass is 14.8. The Morgan fingerprint density at radius 3 is 2.93 bits per heavy atom. The summed E-state index contributed by atoms with van der Waals surface area (Å²) >= 11 is 0. The molecule has 0 aliphatic carbocycles. The SMILES string of the molecule is CCCC1=Nc2ccccc2CCC1. The number of aliphatic imine (C=N–C) groups is 1. The lowest BCUT2D eigenvalue weighted by atomic mass is 10.1. The first-order chi connectivity index (χ1) is 6.90. The molecule has 74 valence electrons. The van der Waals surface area contributed by atoms with Crippen molar-refractivity contribution < 1.29 is 0 Å². The Kier molecular flexibility index (Phi) is 2.97. The predicted octanol–water partition coefficient (Wildman–Crippen LogP) is 3.90. The van der Waals surface area contributed by atoms with Crippen molar-refractivity contribution >= 4 is 11.4 Å². The van der Waals surface area contributed by atoms with Crippen molar-refractivity contribution in [1.82, 2.24) is 0 Å². The van der Waals surface area contributed by atoms with Crippen molar-refractivity contribution in [2.75, 3.05) is 0 Å². The molecule has 1 aromatic rings. The van der Waals surface area contributed by atoms with Crippen LogP contribution in [0, 0.1) is 0 Å². The maximum absolute atomic E-state index is 4.75. The standard InChI is InChI=1S/C13H17N/c1-2-6-12-9-5-8-11-7-3-4-10-13(11)14-12/h3-4,7,10H,2,5-6,8-9H2,1H3. The third-order valence-corrected chi connectivity index (χ3v) is 2.72. The van der Waals surface area contributed by atoms with Crippen LogP contribution in [0.3, 0.4) is 0 Å². The molecular formula is C13H17N. The van der Waals surface area contributed by atoms with Gasteiger partial charge in [0.1, 0.15) is 0 Å². The first kappa shape index (κ1) is 9.45. The normalized spacial score (nSPS) is 15.6. The maximum Gasteiger partial charge on any atom is 0.0660 e. The lowest BCUT2D eigenvalue weighted by molar-refractivity contribution is 0.854.